The fourth-order valence-corrected chi connectivity index (χ4v) is 1.77. The number of carboxylic acid groups (broad SMARTS) is 1. The van der Waals surface area contributed by atoms with Crippen molar-refractivity contribution < 1.29 is 9.90 Å². The van der Waals surface area contributed by atoms with E-state index >= 15 is 0 Å². The molecule has 1 heterocycles. The van der Waals surface area contributed by atoms with Crippen LogP contribution in [-0.4, -0.2) is 16.6 Å². The van der Waals surface area contributed by atoms with Crippen molar-refractivity contribution in [3.63, 3.8) is 0 Å². The van der Waals surface area contributed by atoms with Crippen LogP contribution in [0.3, 0.4) is 0 Å². The zero-order valence-corrected chi connectivity index (χ0v) is 9.95. The maximum atomic E-state index is 10.9. The van der Waals surface area contributed by atoms with Crippen LogP contribution < -0.4 is 5.32 Å². The molecule has 1 aliphatic rings. The molecule has 0 saturated carbocycles. The van der Waals surface area contributed by atoms with Gasteiger partial charge in [0.1, 0.15) is 0 Å². The molecule has 2 rings (SSSR count). The smallest absolute Gasteiger partial charge is 0.335 e. The lowest BCUT2D eigenvalue weighted by Crippen LogP contribution is -2.35. The fourth-order valence-electron chi connectivity index (χ4n) is 1.77. The fraction of sp³-hybridized carbons (Fsp3) is 0.214. The highest BCUT2D eigenvalue weighted by atomic mass is 16.4. The third-order valence-electron chi connectivity index (χ3n) is 3.18. The topological polar surface area (TPSA) is 49.3 Å². The van der Waals surface area contributed by atoms with Gasteiger partial charge in [-0.25, -0.2) is 4.79 Å². The molecule has 0 radical (unpaired) electrons. The Morgan fingerprint density at radius 2 is 2.18 bits per heavy atom. The zero-order valence-electron chi connectivity index (χ0n) is 9.95. The normalized spacial score (nSPS) is 21.5. The minimum atomic E-state index is -0.908. The summed E-state index contributed by atoms with van der Waals surface area (Å²) in [6, 6.07) is 5.06. The third kappa shape index (κ3) is 1.96. The van der Waals surface area contributed by atoms with Crippen molar-refractivity contribution in [2.75, 3.05) is 5.32 Å². The van der Waals surface area contributed by atoms with Crippen LogP contribution in [0.15, 0.2) is 36.4 Å². The Kier molecular flexibility index (Phi) is 2.54. The van der Waals surface area contributed by atoms with Gasteiger partial charge in [-0.1, -0.05) is 24.3 Å². The Labute approximate surface area is 100 Å². The summed E-state index contributed by atoms with van der Waals surface area (Å²) in [5.74, 6) is -0.908. The van der Waals surface area contributed by atoms with Crippen LogP contribution in [0.1, 0.15) is 29.8 Å². The molecule has 1 atom stereocenters. The monoisotopic (exact) mass is 229 g/mol. The lowest BCUT2D eigenvalue weighted by molar-refractivity contribution is 0.0697. The molecule has 0 aliphatic carbocycles. The zero-order chi connectivity index (χ0) is 12.6. The van der Waals surface area contributed by atoms with Crippen LogP contribution in [0, 0.1) is 0 Å². The van der Waals surface area contributed by atoms with Crippen molar-refractivity contribution in [1.29, 1.82) is 0 Å². The van der Waals surface area contributed by atoms with Crippen LogP contribution in [-0.2, 0) is 0 Å². The van der Waals surface area contributed by atoms with Gasteiger partial charge in [-0.2, -0.15) is 0 Å². The lowest BCUT2D eigenvalue weighted by atomic mass is 9.88. The maximum Gasteiger partial charge on any atom is 0.335 e. The van der Waals surface area contributed by atoms with Crippen LogP contribution in [0.5, 0.6) is 0 Å². The van der Waals surface area contributed by atoms with E-state index in [2.05, 4.69) is 11.9 Å². The molecule has 17 heavy (non-hydrogen) atoms. The number of aromatic carboxylic acids is 1. The molecule has 88 valence electrons. The number of rotatable bonds is 2. The molecule has 2 N–H and O–H groups in total. The van der Waals surface area contributed by atoms with Gasteiger partial charge in [0.15, 0.2) is 0 Å². The first-order valence-electron chi connectivity index (χ1n) is 5.43. The molecule has 0 saturated heterocycles. The average Bonchev–Trinajstić information content (AvgIpc) is 2.28. The summed E-state index contributed by atoms with van der Waals surface area (Å²) in [6.45, 7) is 7.97. The molecule has 0 aromatic heterocycles. The summed E-state index contributed by atoms with van der Waals surface area (Å²) < 4.78 is 0. The predicted molar refractivity (Wildman–Crippen MR) is 69.3 cm³/mol. The second kappa shape index (κ2) is 3.77. The van der Waals surface area contributed by atoms with E-state index in [1.807, 2.05) is 26.0 Å². The second-order valence-corrected chi connectivity index (χ2v) is 4.55. The first kappa shape index (κ1) is 11.5. The molecule has 1 aromatic carbocycles. The summed E-state index contributed by atoms with van der Waals surface area (Å²) in [5.41, 5.74) is 2.88. The van der Waals surface area contributed by atoms with Gasteiger partial charge in [0.2, 0.25) is 0 Å². The highest BCUT2D eigenvalue weighted by molar-refractivity contribution is 5.90. The van der Waals surface area contributed by atoms with Crippen LogP contribution >= 0.6 is 0 Å². The molecular formula is C14H15NO2. The van der Waals surface area contributed by atoms with Crippen molar-refractivity contribution >= 4 is 17.7 Å². The average molecular weight is 229 g/mol. The predicted octanol–water partition coefficient (Wildman–Crippen LogP) is 3.16. The van der Waals surface area contributed by atoms with E-state index in [-0.39, 0.29) is 5.54 Å². The minimum Gasteiger partial charge on any atom is -0.478 e. The van der Waals surface area contributed by atoms with Gasteiger partial charge < -0.3 is 10.4 Å². The molecule has 1 unspecified atom stereocenters. The largest absolute Gasteiger partial charge is 0.478 e. The number of hydrogen-bond donors (Lipinski definition) is 2. The highest BCUT2D eigenvalue weighted by Gasteiger charge is 2.25. The summed E-state index contributed by atoms with van der Waals surface area (Å²) in [4.78, 5) is 10.9. The number of benzene rings is 1. The number of carbonyl (C=O) groups is 1. The van der Waals surface area contributed by atoms with E-state index in [4.69, 9.17) is 5.11 Å². The summed E-state index contributed by atoms with van der Waals surface area (Å²) in [6.07, 6.45) is 3.94. The molecule has 0 amide bonds. The van der Waals surface area contributed by atoms with Crippen molar-refractivity contribution in [3.05, 3.63) is 47.6 Å². The molecule has 0 bridgehead atoms. The van der Waals surface area contributed by atoms with Crippen molar-refractivity contribution in [3.8, 4) is 0 Å². The number of hydrogen-bond acceptors (Lipinski definition) is 2. The van der Waals surface area contributed by atoms with Gasteiger partial charge in [-0.05, 0) is 37.6 Å². The third-order valence-corrected chi connectivity index (χ3v) is 3.18. The first-order valence-corrected chi connectivity index (χ1v) is 5.43. The van der Waals surface area contributed by atoms with Gasteiger partial charge in [-0.15, -0.1) is 0 Å². The molecular weight excluding hydrogens is 214 g/mol. The van der Waals surface area contributed by atoms with E-state index in [1.54, 1.807) is 18.2 Å². The van der Waals surface area contributed by atoms with Gasteiger partial charge in [0, 0.05) is 5.69 Å². The number of nitrogens with one attached hydrogen (secondary N) is 1. The Bertz CT molecular complexity index is 531. The maximum absolute atomic E-state index is 10.9. The van der Waals surface area contributed by atoms with Crippen molar-refractivity contribution in [2.24, 2.45) is 0 Å². The number of fused-ring (bicyclic) bond motifs is 1. The molecule has 3 heteroatoms. The molecule has 0 spiro atoms. The lowest BCUT2D eigenvalue weighted by Gasteiger charge is -2.33. The summed E-state index contributed by atoms with van der Waals surface area (Å²) in [7, 11) is 0. The van der Waals surface area contributed by atoms with E-state index < -0.39 is 5.97 Å². The van der Waals surface area contributed by atoms with Crippen LogP contribution in [0.4, 0.5) is 5.69 Å². The van der Waals surface area contributed by atoms with E-state index in [9.17, 15) is 4.79 Å². The van der Waals surface area contributed by atoms with Gasteiger partial charge in [0.25, 0.3) is 0 Å². The molecule has 0 fully saturated rings. The molecule has 3 nitrogen and oxygen atoms in total. The minimum absolute atomic E-state index is 0.266. The number of anilines is 1. The van der Waals surface area contributed by atoms with E-state index in [0.29, 0.717) is 5.56 Å². The second-order valence-electron chi connectivity index (χ2n) is 4.55. The van der Waals surface area contributed by atoms with Crippen LogP contribution in [0.2, 0.25) is 0 Å². The highest BCUT2D eigenvalue weighted by Crippen LogP contribution is 2.32. The summed E-state index contributed by atoms with van der Waals surface area (Å²) >= 11 is 0. The van der Waals surface area contributed by atoms with Crippen molar-refractivity contribution in [2.45, 2.75) is 19.4 Å². The Morgan fingerprint density at radius 3 is 2.76 bits per heavy atom. The molecule has 1 aliphatic heterocycles. The van der Waals surface area contributed by atoms with Gasteiger partial charge >= 0.3 is 5.97 Å². The quantitative estimate of drug-likeness (QED) is 0.766. The first-order chi connectivity index (χ1) is 7.92. The standard InChI is InChI=1S/C14H15NO2/c1-9(2)14(3)7-6-10-8-11(13(16)17)4-5-12(10)15-14/h4-8,15H,1H2,2-3H3,(H,16,17). The Balaban J connectivity index is 2.43. The van der Waals surface area contributed by atoms with Crippen molar-refractivity contribution in [1.82, 2.24) is 0 Å². The Hall–Kier alpha value is -2.03. The summed E-state index contributed by atoms with van der Waals surface area (Å²) in [5, 5.41) is 12.3. The van der Waals surface area contributed by atoms with Gasteiger partial charge in [0.05, 0.1) is 11.1 Å². The van der Waals surface area contributed by atoms with E-state index in [1.165, 1.54) is 0 Å². The number of carboxylic acids is 1. The van der Waals surface area contributed by atoms with Crippen LogP contribution in [0.25, 0.3) is 6.08 Å². The van der Waals surface area contributed by atoms with E-state index in [0.717, 1.165) is 16.8 Å². The molecule has 1 aromatic rings. The van der Waals surface area contributed by atoms with Gasteiger partial charge in [-0.3, -0.25) is 0 Å². The Morgan fingerprint density at radius 1 is 1.47 bits per heavy atom. The SMILES string of the molecule is C=C(C)C1(C)C=Cc2cc(C(=O)O)ccc2N1.